The van der Waals surface area contributed by atoms with Gasteiger partial charge in [-0.15, -0.1) is 11.8 Å². The van der Waals surface area contributed by atoms with E-state index in [4.69, 9.17) is 5.73 Å². The zero-order chi connectivity index (χ0) is 12.1. The summed E-state index contributed by atoms with van der Waals surface area (Å²) in [5, 5.41) is 0.597. The van der Waals surface area contributed by atoms with Gasteiger partial charge in [-0.2, -0.15) is 0 Å². The summed E-state index contributed by atoms with van der Waals surface area (Å²) in [5.41, 5.74) is 8.26. The Morgan fingerprint density at radius 2 is 2.12 bits per heavy atom. The number of nitrogen functional groups attached to an aromatic ring is 1. The van der Waals surface area contributed by atoms with E-state index >= 15 is 0 Å². The topological polar surface area (TPSA) is 26.0 Å². The van der Waals surface area contributed by atoms with Gasteiger partial charge < -0.3 is 5.73 Å². The third-order valence-electron chi connectivity index (χ3n) is 3.27. The van der Waals surface area contributed by atoms with Crippen LogP contribution in [-0.2, 0) is 0 Å². The number of hydrogen-bond acceptors (Lipinski definition) is 2. The predicted molar refractivity (Wildman–Crippen MR) is 77.5 cm³/mol. The summed E-state index contributed by atoms with van der Waals surface area (Å²) in [5.74, 6) is 0. The van der Waals surface area contributed by atoms with Crippen LogP contribution in [0.1, 0.15) is 37.7 Å². The van der Waals surface area contributed by atoms with Gasteiger partial charge in [0.25, 0.3) is 0 Å². The molecule has 1 unspecified atom stereocenters. The van der Waals surface area contributed by atoms with E-state index in [2.05, 4.69) is 37.3 Å². The second kappa shape index (κ2) is 6.15. The third-order valence-corrected chi connectivity index (χ3v) is 4.58. The number of rotatable bonds is 2. The molecule has 1 atom stereocenters. The van der Waals surface area contributed by atoms with Gasteiger partial charge in [0, 0.05) is 15.8 Å². The molecule has 0 radical (unpaired) electrons. The first-order chi connectivity index (χ1) is 8.27. The van der Waals surface area contributed by atoms with Crippen molar-refractivity contribution in [3.63, 3.8) is 0 Å². The Balaban J connectivity index is 2.08. The molecule has 0 spiro atoms. The molecule has 1 aliphatic carbocycles. The van der Waals surface area contributed by atoms with E-state index in [-0.39, 0.29) is 0 Å². The Morgan fingerprint density at radius 1 is 1.24 bits per heavy atom. The molecule has 0 heterocycles. The monoisotopic (exact) mass is 247 g/mol. The summed E-state index contributed by atoms with van der Waals surface area (Å²) in [6, 6.07) is 6.31. The molecule has 17 heavy (non-hydrogen) atoms. The highest BCUT2D eigenvalue weighted by atomic mass is 32.2. The van der Waals surface area contributed by atoms with Gasteiger partial charge in [0.15, 0.2) is 0 Å². The van der Waals surface area contributed by atoms with Crippen LogP contribution in [0.5, 0.6) is 0 Å². The molecule has 1 aromatic rings. The molecule has 0 bridgehead atoms. The highest BCUT2D eigenvalue weighted by molar-refractivity contribution is 8.00. The van der Waals surface area contributed by atoms with Crippen LogP contribution < -0.4 is 5.73 Å². The maximum Gasteiger partial charge on any atom is 0.0482 e. The van der Waals surface area contributed by atoms with Crippen molar-refractivity contribution >= 4 is 17.4 Å². The molecule has 2 heteroatoms. The standard InChI is InChI=1S/C15H21NS/c1-12-8-7-11-14(15(12)16)17-13-9-5-3-2-4-6-10-13/h5,7-9,11,13H,2-4,6,10,16H2,1H3/b9-5+. The van der Waals surface area contributed by atoms with Crippen LogP contribution in [0.4, 0.5) is 5.69 Å². The van der Waals surface area contributed by atoms with Gasteiger partial charge in [-0.25, -0.2) is 0 Å². The van der Waals surface area contributed by atoms with Crippen molar-refractivity contribution in [1.29, 1.82) is 0 Å². The average molecular weight is 247 g/mol. The minimum atomic E-state index is 0.597. The fourth-order valence-corrected chi connectivity index (χ4v) is 3.39. The highest BCUT2D eigenvalue weighted by Crippen LogP contribution is 2.34. The maximum atomic E-state index is 6.12. The van der Waals surface area contributed by atoms with Gasteiger partial charge >= 0.3 is 0 Å². The largest absolute Gasteiger partial charge is 0.398 e. The Hall–Kier alpha value is -0.890. The number of thioether (sulfide) groups is 1. The molecule has 0 aliphatic heterocycles. The van der Waals surface area contributed by atoms with Gasteiger partial charge in [0.2, 0.25) is 0 Å². The Bertz CT molecular complexity index is 398. The summed E-state index contributed by atoms with van der Waals surface area (Å²) in [4.78, 5) is 1.24. The predicted octanol–water partition coefficient (Wildman–Crippen LogP) is 4.56. The molecule has 0 amide bonds. The molecule has 2 rings (SSSR count). The van der Waals surface area contributed by atoms with Crippen LogP contribution in [-0.4, -0.2) is 5.25 Å². The van der Waals surface area contributed by atoms with E-state index in [0.29, 0.717) is 5.25 Å². The Labute approximate surface area is 108 Å². The van der Waals surface area contributed by atoms with Crippen LogP contribution in [0.15, 0.2) is 35.2 Å². The SMILES string of the molecule is Cc1cccc(SC2/C=C/CCCCC2)c1N. The molecule has 2 N–H and O–H groups in total. The summed E-state index contributed by atoms with van der Waals surface area (Å²) in [6.45, 7) is 2.08. The molecule has 92 valence electrons. The average Bonchev–Trinajstić information content (AvgIpc) is 2.28. The molecule has 1 nitrogen and oxygen atoms in total. The number of allylic oxidation sites excluding steroid dienone is 1. The van der Waals surface area contributed by atoms with Gasteiger partial charge in [-0.1, -0.05) is 37.1 Å². The van der Waals surface area contributed by atoms with Crippen LogP contribution in [0.3, 0.4) is 0 Å². The lowest BCUT2D eigenvalue weighted by atomic mass is 10.1. The second-order valence-corrected chi connectivity index (χ2v) is 5.99. The van der Waals surface area contributed by atoms with Crippen LogP contribution in [0.2, 0.25) is 0 Å². The fourth-order valence-electron chi connectivity index (χ4n) is 2.15. The number of nitrogens with two attached hydrogens (primary N) is 1. The molecule has 0 aromatic heterocycles. The fraction of sp³-hybridized carbons (Fsp3) is 0.467. The lowest BCUT2D eigenvalue weighted by Crippen LogP contribution is -2.02. The van der Waals surface area contributed by atoms with Crippen molar-refractivity contribution in [2.24, 2.45) is 0 Å². The summed E-state index contributed by atoms with van der Waals surface area (Å²) < 4.78 is 0. The second-order valence-electron chi connectivity index (χ2n) is 4.71. The normalized spacial score (nSPS) is 22.8. The lowest BCUT2D eigenvalue weighted by molar-refractivity contribution is 0.643. The molecule has 0 saturated carbocycles. The van der Waals surface area contributed by atoms with E-state index in [9.17, 15) is 0 Å². The molecule has 1 aliphatic rings. The van der Waals surface area contributed by atoms with Crippen molar-refractivity contribution in [3.8, 4) is 0 Å². The van der Waals surface area contributed by atoms with Crippen LogP contribution in [0.25, 0.3) is 0 Å². The number of hydrogen-bond donors (Lipinski definition) is 1. The minimum absolute atomic E-state index is 0.597. The smallest absolute Gasteiger partial charge is 0.0482 e. The van der Waals surface area contributed by atoms with Crippen molar-refractivity contribution in [2.75, 3.05) is 5.73 Å². The first kappa shape index (κ1) is 12.6. The Kier molecular flexibility index (Phi) is 4.55. The van der Waals surface area contributed by atoms with Crippen LogP contribution >= 0.6 is 11.8 Å². The number of benzene rings is 1. The van der Waals surface area contributed by atoms with Gasteiger partial charge in [-0.3, -0.25) is 0 Å². The highest BCUT2D eigenvalue weighted by Gasteiger charge is 2.11. The van der Waals surface area contributed by atoms with E-state index < -0.39 is 0 Å². The van der Waals surface area contributed by atoms with Crippen LogP contribution in [0, 0.1) is 6.92 Å². The van der Waals surface area contributed by atoms with E-state index in [1.807, 2.05) is 11.8 Å². The number of para-hydroxylation sites is 1. The van der Waals surface area contributed by atoms with Crippen molar-refractivity contribution in [2.45, 2.75) is 49.2 Å². The first-order valence-corrected chi connectivity index (χ1v) is 7.34. The Morgan fingerprint density at radius 3 is 3.00 bits per heavy atom. The zero-order valence-corrected chi connectivity index (χ0v) is 11.3. The molecular formula is C15H21NS. The molecule has 1 aromatic carbocycles. The van der Waals surface area contributed by atoms with Crippen molar-refractivity contribution < 1.29 is 0 Å². The van der Waals surface area contributed by atoms with Gasteiger partial charge in [0.05, 0.1) is 0 Å². The summed E-state index contributed by atoms with van der Waals surface area (Å²) in [7, 11) is 0. The van der Waals surface area contributed by atoms with Gasteiger partial charge in [0.1, 0.15) is 0 Å². The minimum Gasteiger partial charge on any atom is -0.398 e. The zero-order valence-electron chi connectivity index (χ0n) is 10.5. The number of aryl methyl sites for hydroxylation is 1. The van der Waals surface area contributed by atoms with Gasteiger partial charge in [-0.05, 0) is 37.8 Å². The summed E-state index contributed by atoms with van der Waals surface area (Å²) in [6.07, 6.45) is 11.3. The van der Waals surface area contributed by atoms with E-state index in [1.165, 1.54) is 42.6 Å². The third kappa shape index (κ3) is 3.53. The van der Waals surface area contributed by atoms with Crippen molar-refractivity contribution in [1.82, 2.24) is 0 Å². The molecule has 0 fully saturated rings. The molecular weight excluding hydrogens is 226 g/mol. The number of anilines is 1. The maximum absolute atomic E-state index is 6.12. The lowest BCUT2D eigenvalue weighted by Gasteiger charge is -2.16. The first-order valence-electron chi connectivity index (χ1n) is 6.46. The van der Waals surface area contributed by atoms with E-state index in [1.54, 1.807) is 0 Å². The summed E-state index contributed by atoms with van der Waals surface area (Å²) >= 11 is 1.92. The van der Waals surface area contributed by atoms with E-state index in [0.717, 1.165) is 5.69 Å². The van der Waals surface area contributed by atoms with Crippen molar-refractivity contribution in [3.05, 3.63) is 35.9 Å². The molecule has 0 saturated heterocycles. The quantitative estimate of drug-likeness (QED) is 0.612.